The van der Waals surface area contributed by atoms with Crippen molar-refractivity contribution in [1.29, 1.82) is 0 Å². The Kier molecular flexibility index (Phi) is 2.35. The Morgan fingerprint density at radius 1 is 0.625 bits per heavy atom. The van der Waals surface area contributed by atoms with Gasteiger partial charge >= 0.3 is 0 Å². The predicted molar refractivity (Wildman–Crippen MR) is 93.5 cm³/mol. The van der Waals surface area contributed by atoms with Gasteiger partial charge in [0.1, 0.15) is 0 Å². The molecule has 4 aromatic rings. The van der Waals surface area contributed by atoms with Gasteiger partial charge < -0.3 is 9.13 Å². The standard InChI is InChI=1S/C20H14N2O2/c1-21-13-9-5-3-7-11(13)15-17(21)18-16(20(24)19(15)23)12-8-4-6-10-14(12)22(18)2/h3-10H,1-2H3. The van der Waals surface area contributed by atoms with E-state index in [4.69, 9.17) is 0 Å². The molecule has 4 heteroatoms. The molecule has 0 spiro atoms. The Bertz CT molecular complexity index is 1110. The van der Waals surface area contributed by atoms with E-state index < -0.39 is 11.6 Å². The van der Waals surface area contributed by atoms with Crippen molar-refractivity contribution in [3.63, 3.8) is 0 Å². The summed E-state index contributed by atoms with van der Waals surface area (Å²) in [4.78, 5) is 25.8. The van der Waals surface area contributed by atoms with Gasteiger partial charge in [0.05, 0.1) is 22.5 Å². The molecule has 0 unspecified atom stereocenters. The number of nitrogens with zero attached hydrogens (tertiary/aromatic N) is 2. The van der Waals surface area contributed by atoms with Crippen LogP contribution in [0.4, 0.5) is 0 Å². The number of para-hydroxylation sites is 2. The second-order valence-electron chi connectivity index (χ2n) is 6.26. The summed E-state index contributed by atoms with van der Waals surface area (Å²) in [5, 5.41) is 1.67. The number of hydrogen-bond acceptors (Lipinski definition) is 2. The number of Topliss-reactive ketones (excluding diaryl/α,β-unsaturated/α-hetero) is 2. The third-order valence-corrected chi connectivity index (χ3v) is 5.10. The molecule has 0 N–H and O–H groups in total. The zero-order valence-corrected chi connectivity index (χ0v) is 13.3. The first kappa shape index (κ1) is 13.3. The molecular weight excluding hydrogens is 300 g/mol. The van der Waals surface area contributed by atoms with Crippen LogP contribution in [0, 0.1) is 0 Å². The highest BCUT2D eigenvalue weighted by molar-refractivity contribution is 6.56. The van der Waals surface area contributed by atoms with Crippen LogP contribution in [0.5, 0.6) is 0 Å². The van der Waals surface area contributed by atoms with Gasteiger partial charge in [0.25, 0.3) is 0 Å². The van der Waals surface area contributed by atoms with E-state index in [-0.39, 0.29) is 0 Å². The molecule has 116 valence electrons. The summed E-state index contributed by atoms with van der Waals surface area (Å²) in [5.74, 6) is -0.823. The number of aryl methyl sites for hydroxylation is 2. The van der Waals surface area contributed by atoms with Crippen molar-refractivity contribution in [2.45, 2.75) is 0 Å². The minimum Gasteiger partial charge on any atom is -0.342 e. The van der Waals surface area contributed by atoms with Gasteiger partial charge in [-0.15, -0.1) is 0 Å². The van der Waals surface area contributed by atoms with Crippen molar-refractivity contribution < 1.29 is 9.59 Å². The SMILES string of the molecule is Cn1c2c(c3ccccc31)C(=O)C(=O)c1c-2n(C)c2ccccc12. The summed E-state index contributed by atoms with van der Waals surface area (Å²) in [7, 11) is 3.90. The van der Waals surface area contributed by atoms with Crippen LogP contribution in [0.15, 0.2) is 48.5 Å². The minimum atomic E-state index is -0.411. The van der Waals surface area contributed by atoms with E-state index in [9.17, 15) is 9.59 Å². The summed E-state index contributed by atoms with van der Waals surface area (Å²) in [6.07, 6.45) is 0. The quantitative estimate of drug-likeness (QED) is 0.464. The normalized spacial score (nSPS) is 13.6. The molecule has 0 amide bonds. The fourth-order valence-electron chi connectivity index (χ4n) is 4.03. The number of benzene rings is 2. The van der Waals surface area contributed by atoms with Crippen LogP contribution in [-0.4, -0.2) is 20.7 Å². The van der Waals surface area contributed by atoms with Crippen LogP contribution in [0.2, 0.25) is 0 Å². The molecular formula is C20H14N2O2. The highest BCUT2D eigenvalue weighted by Gasteiger charge is 2.38. The number of carbonyl (C=O) groups is 2. The van der Waals surface area contributed by atoms with Crippen molar-refractivity contribution in [3.8, 4) is 11.4 Å². The maximum atomic E-state index is 12.9. The van der Waals surface area contributed by atoms with Crippen molar-refractivity contribution in [1.82, 2.24) is 9.13 Å². The molecule has 0 fully saturated rings. The van der Waals surface area contributed by atoms with E-state index in [1.165, 1.54) is 0 Å². The Morgan fingerprint density at radius 3 is 1.42 bits per heavy atom. The lowest BCUT2D eigenvalue weighted by Gasteiger charge is -2.15. The fourth-order valence-corrected chi connectivity index (χ4v) is 4.03. The lowest BCUT2D eigenvalue weighted by atomic mass is 9.90. The Balaban J connectivity index is 2.08. The van der Waals surface area contributed by atoms with E-state index in [1.54, 1.807) is 0 Å². The second kappa shape index (κ2) is 4.23. The molecule has 0 bridgehead atoms. The van der Waals surface area contributed by atoms with Crippen LogP contribution in [0.1, 0.15) is 20.7 Å². The summed E-state index contributed by atoms with van der Waals surface area (Å²) in [5.41, 5.74) is 4.63. The molecule has 24 heavy (non-hydrogen) atoms. The van der Waals surface area contributed by atoms with Gasteiger partial charge in [-0.05, 0) is 12.1 Å². The molecule has 0 radical (unpaired) electrons. The van der Waals surface area contributed by atoms with Gasteiger partial charge in [-0.3, -0.25) is 9.59 Å². The average molecular weight is 314 g/mol. The third-order valence-electron chi connectivity index (χ3n) is 5.10. The minimum absolute atomic E-state index is 0.411. The topological polar surface area (TPSA) is 44.0 Å². The van der Waals surface area contributed by atoms with Gasteiger partial charge in [0, 0.05) is 35.9 Å². The Labute approximate surface area is 137 Å². The fraction of sp³-hybridized carbons (Fsp3) is 0.100. The first-order valence-corrected chi connectivity index (χ1v) is 7.85. The van der Waals surface area contributed by atoms with E-state index in [1.807, 2.05) is 71.8 Å². The van der Waals surface area contributed by atoms with Gasteiger partial charge in [-0.25, -0.2) is 0 Å². The molecule has 5 rings (SSSR count). The molecule has 0 saturated heterocycles. The van der Waals surface area contributed by atoms with E-state index in [0.29, 0.717) is 11.1 Å². The molecule has 1 aliphatic carbocycles. The van der Waals surface area contributed by atoms with E-state index in [0.717, 1.165) is 33.2 Å². The van der Waals surface area contributed by atoms with Gasteiger partial charge in [-0.1, -0.05) is 36.4 Å². The number of fused-ring (bicyclic) bond motifs is 7. The average Bonchev–Trinajstić information content (AvgIpc) is 3.06. The van der Waals surface area contributed by atoms with Crippen molar-refractivity contribution in [2.24, 2.45) is 14.1 Å². The van der Waals surface area contributed by atoms with Crippen LogP contribution < -0.4 is 0 Å². The largest absolute Gasteiger partial charge is 0.342 e. The molecule has 4 nitrogen and oxygen atoms in total. The van der Waals surface area contributed by atoms with Gasteiger partial charge in [0.2, 0.25) is 11.6 Å². The smallest absolute Gasteiger partial charge is 0.236 e. The summed E-state index contributed by atoms with van der Waals surface area (Å²) >= 11 is 0. The monoisotopic (exact) mass is 314 g/mol. The maximum Gasteiger partial charge on any atom is 0.236 e. The van der Waals surface area contributed by atoms with E-state index >= 15 is 0 Å². The summed E-state index contributed by atoms with van der Waals surface area (Å²) < 4.78 is 4.04. The van der Waals surface area contributed by atoms with Crippen LogP contribution in [-0.2, 0) is 14.1 Å². The third kappa shape index (κ3) is 1.35. The van der Waals surface area contributed by atoms with Crippen molar-refractivity contribution in [2.75, 3.05) is 0 Å². The Hall–Kier alpha value is -3.14. The van der Waals surface area contributed by atoms with E-state index in [2.05, 4.69) is 0 Å². The Morgan fingerprint density at radius 2 is 1.00 bits per heavy atom. The van der Waals surface area contributed by atoms with Crippen LogP contribution in [0.25, 0.3) is 33.2 Å². The molecule has 0 aliphatic heterocycles. The maximum absolute atomic E-state index is 12.9. The highest BCUT2D eigenvalue weighted by Crippen LogP contribution is 2.43. The van der Waals surface area contributed by atoms with Crippen molar-refractivity contribution >= 4 is 33.4 Å². The van der Waals surface area contributed by atoms with Crippen LogP contribution >= 0.6 is 0 Å². The molecule has 1 aliphatic rings. The lowest BCUT2D eigenvalue weighted by Crippen LogP contribution is -2.21. The van der Waals surface area contributed by atoms with Gasteiger partial charge in [0.15, 0.2) is 0 Å². The number of rotatable bonds is 0. The number of aromatic nitrogens is 2. The zero-order valence-electron chi connectivity index (χ0n) is 13.3. The van der Waals surface area contributed by atoms with Gasteiger partial charge in [-0.2, -0.15) is 0 Å². The number of hydrogen-bond donors (Lipinski definition) is 0. The molecule has 2 aromatic carbocycles. The first-order valence-electron chi connectivity index (χ1n) is 7.85. The predicted octanol–water partition coefficient (Wildman–Crippen LogP) is 3.72. The second-order valence-corrected chi connectivity index (χ2v) is 6.26. The van der Waals surface area contributed by atoms with Crippen molar-refractivity contribution in [3.05, 3.63) is 59.7 Å². The molecule has 2 heterocycles. The molecule has 0 atom stereocenters. The number of carbonyl (C=O) groups excluding carboxylic acids is 2. The van der Waals surface area contributed by atoms with Crippen LogP contribution in [0.3, 0.4) is 0 Å². The zero-order chi connectivity index (χ0) is 16.6. The summed E-state index contributed by atoms with van der Waals surface area (Å²) in [6, 6.07) is 15.5. The number of ketones is 2. The lowest BCUT2D eigenvalue weighted by molar-refractivity contribution is 0.0817. The first-order chi connectivity index (χ1) is 11.6. The molecule has 2 aromatic heterocycles. The highest BCUT2D eigenvalue weighted by atomic mass is 16.2. The molecule has 0 saturated carbocycles. The summed E-state index contributed by atoms with van der Waals surface area (Å²) in [6.45, 7) is 0.